The maximum absolute atomic E-state index is 12.0. The second-order valence-electron chi connectivity index (χ2n) is 8.18. The van der Waals surface area contributed by atoms with Crippen molar-refractivity contribution < 1.29 is 14.1 Å². The van der Waals surface area contributed by atoms with Crippen molar-refractivity contribution in [1.29, 1.82) is 5.26 Å². The van der Waals surface area contributed by atoms with Crippen LogP contribution in [0.3, 0.4) is 0 Å². The number of amides is 1. The molecule has 0 radical (unpaired) electrons. The number of hydrogen-bond acceptors (Lipinski definition) is 10. The van der Waals surface area contributed by atoms with E-state index in [0.717, 1.165) is 0 Å². The first-order valence-corrected chi connectivity index (χ1v) is 11.0. The molecule has 10 nitrogen and oxygen atoms in total. The number of benzene rings is 2. The number of nitriles is 1. The lowest BCUT2D eigenvalue weighted by atomic mass is 10.2. The van der Waals surface area contributed by atoms with Crippen LogP contribution in [0.2, 0.25) is 0 Å². The molecular formula is C23H21N7O3S. The van der Waals surface area contributed by atoms with Crippen molar-refractivity contribution in [3.05, 3.63) is 54.1 Å². The summed E-state index contributed by atoms with van der Waals surface area (Å²) in [7, 11) is 0. The summed E-state index contributed by atoms with van der Waals surface area (Å²) >= 11 is 1.25. The summed E-state index contributed by atoms with van der Waals surface area (Å²) < 4.78 is 10.7. The van der Waals surface area contributed by atoms with Crippen molar-refractivity contribution in [2.75, 3.05) is 16.4 Å². The molecule has 2 aromatic carbocycles. The largest absolute Gasteiger partial charge is 0.444 e. The Morgan fingerprint density at radius 3 is 2.68 bits per heavy atom. The summed E-state index contributed by atoms with van der Waals surface area (Å²) in [5.41, 5.74) is 7.87. The first-order valence-electron chi connectivity index (χ1n) is 10.2. The lowest BCUT2D eigenvalue weighted by Gasteiger charge is -2.19. The molecular weight excluding hydrogens is 454 g/mol. The lowest BCUT2D eigenvalue weighted by Crippen LogP contribution is -2.27. The van der Waals surface area contributed by atoms with Crippen molar-refractivity contribution in [3.63, 3.8) is 0 Å². The summed E-state index contributed by atoms with van der Waals surface area (Å²) in [6, 6.07) is 16.1. The van der Waals surface area contributed by atoms with Gasteiger partial charge in [0.2, 0.25) is 5.82 Å². The third kappa shape index (κ3) is 5.48. The molecule has 0 saturated carbocycles. The Balaban J connectivity index is 1.52. The van der Waals surface area contributed by atoms with Crippen molar-refractivity contribution >= 4 is 39.8 Å². The van der Waals surface area contributed by atoms with Gasteiger partial charge in [-0.2, -0.15) is 10.2 Å². The van der Waals surface area contributed by atoms with Gasteiger partial charge >= 0.3 is 6.09 Å². The molecule has 4 aromatic rings. The second-order valence-corrected chi connectivity index (χ2v) is 9.18. The molecule has 4 N–H and O–H groups in total. The van der Waals surface area contributed by atoms with Crippen molar-refractivity contribution in [2.45, 2.75) is 26.4 Å². The Labute approximate surface area is 199 Å². The van der Waals surface area contributed by atoms with Crippen molar-refractivity contribution in [3.8, 4) is 28.2 Å². The molecule has 0 aliphatic carbocycles. The summed E-state index contributed by atoms with van der Waals surface area (Å²) in [4.78, 5) is 21.3. The number of nitrogens with one attached hydrogen (secondary N) is 2. The number of nitrogen functional groups attached to an aromatic ring is 1. The molecule has 34 heavy (non-hydrogen) atoms. The Morgan fingerprint density at radius 2 is 1.91 bits per heavy atom. The highest BCUT2D eigenvalue weighted by molar-refractivity contribution is 7.19. The van der Waals surface area contributed by atoms with E-state index in [2.05, 4.69) is 31.8 Å². The molecule has 4 rings (SSSR count). The Bertz CT molecular complexity index is 1380. The van der Waals surface area contributed by atoms with Gasteiger partial charge in [0.1, 0.15) is 16.3 Å². The summed E-state index contributed by atoms with van der Waals surface area (Å²) in [5, 5.41) is 19.4. The van der Waals surface area contributed by atoms with Gasteiger partial charge in [-0.1, -0.05) is 34.7 Å². The van der Waals surface area contributed by atoms with Crippen LogP contribution in [0, 0.1) is 11.3 Å². The SMILES string of the molecule is CC(C)(C)OC(=O)Nc1cccc(-c2noc(-c3sc(Nc4cccc(C#N)c4)nc3N)n2)c1. The van der Waals surface area contributed by atoms with Crippen LogP contribution in [0.5, 0.6) is 0 Å². The monoisotopic (exact) mass is 475 g/mol. The Kier molecular flexibility index (Phi) is 6.16. The second kappa shape index (κ2) is 9.21. The van der Waals surface area contributed by atoms with E-state index in [1.165, 1.54) is 11.3 Å². The van der Waals surface area contributed by atoms with Crippen LogP contribution in [0.15, 0.2) is 53.1 Å². The van der Waals surface area contributed by atoms with Gasteiger partial charge in [-0.3, -0.25) is 5.32 Å². The maximum atomic E-state index is 12.0. The van der Waals surface area contributed by atoms with E-state index < -0.39 is 11.7 Å². The normalized spacial score (nSPS) is 11.0. The molecule has 0 unspecified atom stereocenters. The standard InChI is InChI=1S/C23H21N7O3S/c1-23(2,3)32-22(31)27-16-9-5-7-14(11-16)19-29-20(33-30-19)17-18(25)28-21(34-17)26-15-8-4-6-13(10-15)12-24/h4-11H,25H2,1-3H3,(H,26,28)(H,27,31). The molecule has 0 fully saturated rings. The van der Waals surface area contributed by atoms with Crippen molar-refractivity contribution in [2.24, 2.45) is 0 Å². The Morgan fingerprint density at radius 1 is 1.15 bits per heavy atom. The van der Waals surface area contributed by atoms with E-state index in [4.69, 9.17) is 20.3 Å². The number of aromatic nitrogens is 3. The fourth-order valence-corrected chi connectivity index (χ4v) is 3.75. The minimum atomic E-state index is -0.606. The van der Waals surface area contributed by atoms with Gasteiger partial charge in [-0.25, -0.2) is 9.78 Å². The molecule has 1 amide bonds. The molecule has 2 aromatic heterocycles. The van der Waals surface area contributed by atoms with Gasteiger partial charge in [-0.15, -0.1) is 0 Å². The van der Waals surface area contributed by atoms with Crippen LogP contribution >= 0.6 is 11.3 Å². The zero-order valence-electron chi connectivity index (χ0n) is 18.6. The quantitative estimate of drug-likeness (QED) is 0.344. The van der Waals surface area contributed by atoms with Gasteiger partial charge in [0, 0.05) is 16.9 Å². The summed E-state index contributed by atoms with van der Waals surface area (Å²) in [6.07, 6.45) is -0.559. The topological polar surface area (TPSA) is 152 Å². The van der Waals surface area contributed by atoms with E-state index in [1.54, 1.807) is 63.2 Å². The zero-order valence-corrected chi connectivity index (χ0v) is 19.4. The smallest absolute Gasteiger partial charge is 0.412 e. The minimum absolute atomic E-state index is 0.217. The minimum Gasteiger partial charge on any atom is -0.444 e. The number of hydrogen-bond donors (Lipinski definition) is 3. The zero-order chi connectivity index (χ0) is 24.3. The number of thiazole rings is 1. The number of carbonyl (C=O) groups is 1. The predicted octanol–water partition coefficient (Wildman–Crippen LogP) is 5.40. The predicted molar refractivity (Wildman–Crippen MR) is 130 cm³/mol. The number of anilines is 4. The van der Waals surface area contributed by atoms with E-state index in [-0.39, 0.29) is 11.7 Å². The highest BCUT2D eigenvalue weighted by Crippen LogP contribution is 2.36. The number of ether oxygens (including phenoxy) is 1. The summed E-state index contributed by atoms with van der Waals surface area (Å²) in [5.74, 6) is 0.778. The third-order valence-corrected chi connectivity index (χ3v) is 5.26. The number of nitrogens with two attached hydrogens (primary N) is 1. The molecule has 0 aliphatic rings. The molecule has 172 valence electrons. The van der Waals surface area contributed by atoms with Crippen LogP contribution in [0.25, 0.3) is 22.2 Å². The van der Waals surface area contributed by atoms with Crippen LogP contribution in [0.1, 0.15) is 26.3 Å². The van der Waals surface area contributed by atoms with Crippen LogP contribution in [0.4, 0.5) is 27.1 Å². The molecule has 2 heterocycles. The fourth-order valence-electron chi connectivity index (χ4n) is 2.92. The first-order chi connectivity index (χ1) is 16.2. The van der Waals surface area contributed by atoms with Gasteiger partial charge in [0.15, 0.2) is 5.13 Å². The average molecular weight is 476 g/mol. The number of carbonyl (C=O) groups excluding carboxylic acids is 1. The number of nitrogens with zero attached hydrogens (tertiary/aromatic N) is 4. The van der Waals surface area contributed by atoms with Gasteiger partial charge in [0.25, 0.3) is 5.89 Å². The highest BCUT2D eigenvalue weighted by Gasteiger charge is 2.19. The number of rotatable bonds is 5. The highest BCUT2D eigenvalue weighted by atomic mass is 32.1. The molecule has 0 saturated heterocycles. The Hall–Kier alpha value is -4.43. The van der Waals surface area contributed by atoms with E-state index >= 15 is 0 Å². The first kappa shape index (κ1) is 22.8. The van der Waals surface area contributed by atoms with Gasteiger partial charge < -0.3 is 20.3 Å². The maximum Gasteiger partial charge on any atom is 0.412 e. The molecule has 0 bridgehead atoms. The summed E-state index contributed by atoms with van der Waals surface area (Å²) in [6.45, 7) is 5.37. The average Bonchev–Trinajstić information content (AvgIpc) is 3.39. The molecule has 0 aliphatic heterocycles. The fraction of sp³-hybridized carbons (Fsp3) is 0.174. The van der Waals surface area contributed by atoms with E-state index in [9.17, 15) is 4.79 Å². The van der Waals surface area contributed by atoms with Gasteiger partial charge in [-0.05, 0) is 51.1 Å². The van der Waals surface area contributed by atoms with Gasteiger partial charge in [0.05, 0.1) is 11.6 Å². The van der Waals surface area contributed by atoms with E-state index in [0.29, 0.717) is 38.3 Å². The van der Waals surface area contributed by atoms with Crippen molar-refractivity contribution in [1.82, 2.24) is 15.1 Å². The van der Waals surface area contributed by atoms with Crippen LogP contribution < -0.4 is 16.4 Å². The lowest BCUT2D eigenvalue weighted by molar-refractivity contribution is 0.0636. The molecule has 11 heteroatoms. The van der Waals surface area contributed by atoms with Crippen LogP contribution in [-0.2, 0) is 4.74 Å². The van der Waals surface area contributed by atoms with Crippen LogP contribution in [-0.4, -0.2) is 26.8 Å². The molecule has 0 atom stereocenters. The molecule has 0 spiro atoms. The van der Waals surface area contributed by atoms with E-state index in [1.807, 2.05) is 6.07 Å². The third-order valence-electron chi connectivity index (χ3n) is 4.28.